The lowest BCUT2D eigenvalue weighted by molar-refractivity contribution is 0.0700. The maximum atomic E-state index is 13.7. The van der Waals surface area contributed by atoms with Crippen LogP contribution in [-0.2, 0) is 13.6 Å². The molecule has 3 atom stereocenters. The second-order valence-corrected chi connectivity index (χ2v) is 12.7. The van der Waals surface area contributed by atoms with E-state index in [0.717, 1.165) is 61.3 Å². The highest BCUT2D eigenvalue weighted by Crippen LogP contribution is 2.44. The van der Waals surface area contributed by atoms with Crippen LogP contribution in [0.5, 0.6) is 5.75 Å². The standard InChI is InChI=1S/C32H37N5O3/c1-35-30-24(12-21(14-27(30)40-2)32(39)37-16-19-8-9-25(37)28(19)33)34-31(35)26-13-18-4-3-5-23(20-10-22(38)11-20)29(18)36(26)15-17-6-7-17/h3-5,12-14,17,19-20,22,25,28,38H,6-11,15-16,33H2,1-2H3/t19-,20?,22?,25-,28-/m1/s1. The summed E-state index contributed by atoms with van der Waals surface area (Å²) in [5, 5.41) is 11.2. The Hall–Kier alpha value is -3.36. The molecule has 1 aliphatic heterocycles. The molecule has 4 fully saturated rings. The summed E-state index contributed by atoms with van der Waals surface area (Å²) in [6, 6.07) is 12.8. The van der Waals surface area contributed by atoms with Gasteiger partial charge in [0.2, 0.25) is 0 Å². The lowest BCUT2D eigenvalue weighted by Gasteiger charge is -2.32. The minimum atomic E-state index is -0.192. The van der Waals surface area contributed by atoms with E-state index in [1.54, 1.807) is 7.11 Å². The van der Waals surface area contributed by atoms with E-state index in [1.165, 1.54) is 29.3 Å². The molecule has 40 heavy (non-hydrogen) atoms. The first kappa shape index (κ1) is 24.4. The minimum Gasteiger partial charge on any atom is -0.494 e. The number of rotatable bonds is 6. The molecule has 0 unspecified atom stereocenters. The lowest BCUT2D eigenvalue weighted by Crippen LogP contribution is -2.41. The Bertz CT molecular complexity index is 1660. The van der Waals surface area contributed by atoms with E-state index >= 15 is 0 Å². The average molecular weight is 540 g/mol. The number of ether oxygens (including phenoxy) is 1. The molecule has 4 aromatic rings. The van der Waals surface area contributed by atoms with Gasteiger partial charge in [-0.05, 0) is 80.0 Å². The highest BCUT2D eigenvalue weighted by molar-refractivity contribution is 6.00. The number of aliphatic hydroxyl groups excluding tert-OH is 1. The van der Waals surface area contributed by atoms with E-state index in [1.807, 2.05) is 24.1 Å². The molecule has 3 heterocycles. The van der Waals surface area contributed by atoms with Crippen LogP contribution < -0.4 is 10.5 Å². The quantitative estimate of drug-likeness (QED) is 0.378. The van der Waals surface area contributed by atoms with Gasteiger partial charge in [0, 0.05) is 43.2 Å². The topological polar surface area (TPSA) is 98.5 Å². The largest absolute Gasteiger partial charge is 0.494 e. The predicted molar refractivity (Wildman–Crippen MR) is 154 cm³/mol. The van der Waals surface area contributed by atoms with E-state index in [0.29, 0.717) is 29.1 Å². The molecule has 2 bridgehead atoms. The fourth-order valence-corrected chi connectivity index (χ4v) is 7.73. The van der Waals surface area contributed by atoms with Crippen LogP contribution in [0.2, 0.25) is 0 Å². The number of para-hydroxylation sites is 1. The molecule has 3 N–H and O–H groups in total. The van der Waals surface area contributed by atoms with Gasteiger partial charge in [0.1, 0.15) is 11.3 Å². The van der Waals surface area contributed by atoms with Gasteiger partial charge in [-0.2, -0.15) is 0 Å². The van der Waals surface area contributed by atoms with Gasteiger partial charge >= 0.3 is 0 Å². The summed E-state index contributed by atoms with van der Waals surface area (Å²) in [6.45, 7) is 1.70. The first-order valence-electron chi connectivity index (χ1n) is 14.8. The van der Waals surface area contributed by atoms with Crippen LogP contribution >= 0.6 is 0 Å². The van der Waals surface area contributed by atoms with Gasteiger partial charge in [-0.1, -0.05) is 18.2 Å². The highest BCUT2D eigenvalue weighted by atomic mass is 16.5. The zero-order chi connectivity index (χ0) is 27.3. The molecule has 3 aliphatic carbocycles. The molecule has 8 heteroatoms. The number of hydrogen-bond donors (Lipinski definition) is 2. The number of likely N-dealkylation sites (tertiary alicyclic amines) is 1. The third kappa shape index (κ3) is 3.58. The molecular formula is C32H37N5O3. The zero-order valence-corrected chi connectivity index (χ0v) is 23.2. The van der Waals surface area contributed by atoms with Gasteiger partial charge in [0.05, 0.1) is 29.9 Å². The van der Waals surface area contributed by atoms with E-state index in [4.69, 9.17) is 15.5 Å². The van der Waals surface area contributed by atoms with Crippen LogP contribution in [0.4, 0.5) is 0 Å². The van der Waals surface area contributed by atoms with Gasteiger partial charge in [-0.25, -0.2) is 4.98 Å². The second-order valence-electron chi connectivity index (χ2n) is 12.7. The number of piperidine rings is 1. The Balaban J connectivity index is 1.25. The van der Waals surface area contributed by atoms with E-state index in [2.05, 4.69) is 33.4 Å². The molecule has 3 saturated carbocycles. The van der Waals surface area contributed by atoms with Gasteiger partial charge in [0.15, 0.2) is 5.82 Å². The van der Waals surface area contributed by atoms with Gasteiger partial charge in [-0.15, -0.1) is 0 Å². The zero-order valence-electron chi connectivity index (χ0n) is 23.2. The summed E-state index contributed by atoms with van der Waals surface area (Å²) in [6.07, 6.45) is 6.07. The first-order valence-corrected chi connectivity index (χ1v) is 14.8. The van der Waals surface area contributed by atoms with Crippen molar-refractivity contribution in [2.45, 2.75) is 69.2 Å². The maximum absolute atomic E-state index is 13.7. The van der Waals surface area contributed by atoms with Crippen molar-refractivity contribution < 1.29 is 14.6 Å². The van der Waals surface area contributed by atoms with E-state index < -0.39 is 0 Å². The number of amides is 1. The number of fused-ring (bicyclic) bond motifs is 4. The van der Waals surface area contributed by atoms with Crippen molar-refractivity contribution in [2.24, 2.45) is 24.6 Å². The molecule has 4 aliphatic rings. The van der Waals surface area contributed by atoms with Crippen LogP contribution in [0, 0.1) is 11.8 Å². The molecule has 208 valence electrons. The summed E-state index contributed by atoms with van der Waals surface area (Å²) in [4.78, 5) is 20.8. The lowest BCUT2D eigenvalue weighted by atomic mass is 9.77. The SMILES string of the molecule is COc1cc(C(=O)N2C[C@H]3CC[C@@H]2[C@@H]3N)cc2nc(-c3cc4cccc(C5CC(O)C5)c4n3CC3CC3)n(C)c12. The smallest absolute Gasteiger partial charge is 0.254 e. The minimum absolute atomic E-state index is 0.0187. The van der Waals surface area contributed by atoms with Crippen LogP contribution in [0.1, 0.15) is 60.4 Å². The number of methoxy groups -OCH3 is 1. The molecule has 1 saturated heterocycles. The number of aryl methyl sites for hydroxylation is 1. The molecule has 0 radical (unpaired) electrons. The molecular weight excluding hydrogens is 502 g/mol. The van der Waals surface area contributed by atoms with Crippen LogP contribution in [0.3, 0.4) is 0 Å². The summed E-state index contributed by atoms with van der Waals surface area (Å²) in [5.74, 6) is 3.03. The van der Waals surface area contributed by atoms with Crippen LogP contribution in [0.25, 0.3) is 33.5 Å². The maximum Gasteiger partial charge on any atom is 0.254 e. The number of nitrogens with two attached hydrogens (primary N) is 1. The average Bonchev–Trinajstić information content (AvgIpc) is 3.33. The van der Waals surface area contributed by atoms with Crippen molar-refractivity contribution in [1.29, 1.82) is 0 Å². The number of benzene rings is 2. The number of aromatic nitrogens is 3. The third-order valence-electron chi connectivity index (χ3n) is 10.2. The van der Waals surface area contributed by atoms with Crippen molar-refractivity contribution in [3.05, 3.63) is 47.5 Å². The van der Waals surface area contributed by atoms with Crippen molar-refractivity contribution in [3.63, 3.8) is 0 Å². The monoisotopic (exact) mass is 539 g/mol. The predicted octanol–water partition coefficient (Wildman–Crippen LogP) is 4.41. The Morgan fingerprint density at radius 3 is 2.62 bits per heavy atom. The van der Waals surface area contributed by atoms with Crippen molar-refractivity contribution in [2.75, 3.05) is 13.7 Å². The van der Waals surface area contributed by atoms with E-state index in [-0.39, 0.29) is 24.1 Å². The highest BCUT2D eigenvalue weighted by Gasteiger charge is 2.47. The van der Waals surface area contributed by atoms with Crippen molar-refractivity contribution in [1.82, 2.24) is 19.0 Å². The molecule has 1 amide bonds. The Morgan fingerprint density at radius 2 is 1.95 bits per heavy atom. The van der Waals surface area contributed by atoms with Gasteiger partial charge < -0.3 is 29.6 Å². The van der Waals surface area contributed by atoms with Crippen LogP contribution in [0.15, 0.2) is 36.4 Å². The number of nitrogens with zero attached hydrogens (tertiary/aromatic N) is 4. The number of imidazole rings is 1. The van der Waals surface area contributed by atoms with E-state index in [9.17, 15) is 9.90 Å². The Labute approximate surface area is 233 Å². The third-order valence-corrected chi connectivity index (χ3v) is 10.2. The molecule has 8 rings (SSSR count). The second kappa shape index (κ2) is 8.82. The molecule has 2 aromatic heterocycles. The summed E-state index contributed by atoms with van der Waals surface area (Å²) < 4.78 is 10.4. The van der Waals surface area contributed by atoms with Crippen molar-refractivity contribution in [3.8, 4) is 17.3 Å². The first-order chi connectivity index (χ1) is 19.4. The van der Waals surface area contributed by atoms with Crippen molar-refractivity contribution >= 4 is 27.8 Å². The fourth-order valence-electron chi connectivity index (χ4n) is 7.73. The summed E-state index contributed by atoms with van der Waals surface area (Å²) in [5.41, 5.74) is 12.4. The Morgan fingerprint density at radius 1 is 1.12 bits per heavy atom. The fraction of sp³-hybridized carbons (Fsp3) is 0.500. The van der Waals surface area contributed by atoms with Crippen LogP contribution in [-0.4, -0.2) is 61.9 Å². The summed E-state index contributed by atoms with van der Waals surface area (Å²) in [7, 11) is 3.70. The van der Waals surface area contributed by atoms with Gasteiger partial charge in [0.25, 0.3) is 5.91 Å². The summed E-state index contributed by atoms with van der Waals surface area (Å²) >= 11 is 0. The molecule has 0 spiro atoms. The Kier molecular flexibility index (Phi) is 5.39. The normalized spacial score (nSPS) is 27.6. The number of carbonyl (C=O) groups is 1. The number of carbonyl (C=O) groups excluding carboxylic acids is 1. The molecule has 8 nitrogen and oxygen atoms in total. The molecule has 2 aromatic carbocycles. The van der Waals surface area contributed by atoms with Gasteiger partial charge in [-0.3, -0.25) is 4.79 Å². The number of hydrogen-bond acceptors (Lipinski definition) is 5. The number of aliphatic hydroxyl groups is 1.